The average Bonchev–Trinajstić information content (AvgIpc) is 2.81. The lowest BCUT2D eigenvalue weighted by molar-refractivity contribution is 0.331. The Kier molecular flexibility index (Phi) is 4.69. The predicted octanol–water partition coefficient (Wildman–Crippen LogP) is 5.04. The van der Waals surface area contributed by atoms with Gasteiger partial charge >= 0.3 is 0 Å². The number of fused-ring (bicyclic) bond motifs is 1. The van der Waals surface area contributed by atoms with Crippen LogP contribution < -0.4 is 0 Å². The fourth-order valence-electron chi connectivity index (χ4n) is 2.99. The van der Waals surface area contributed by atoms with Crippen molar-refractivity contribution < 1.29 is 0 Å². The molecule has 0 aliphatic heterocycles. The number of halogens is 1. The Morgan fingerprint density at radius 1 is 1.25 bits per heavy atom. The maximum Gasteiger partial charge on any atom is 0.160 e. The molecule has 2 rings (SSSR count). The third-order valence-electron chi connectivity index (χ3n) is 4.30. The Labute approximate surface area is 126 Å². The van der Waals surface area contributed by atoms with E-state index in [9.17, 15) is 0 Å². The molecule has 2 aromatic heterocycles. The second kappa shape index (κ2) is 6.13. The van der Waals surface area contributed by atoms with Crippen molar-refractivity contribution in [3.63, 3.8) is 0 Å². The summed E-state index contributed by atoms with van der Waals surface area (Å²) >= 11 is 6.36. The van der Waals surface area contributed by atoms with Gasteiger partial charge in [0.05, 0.1) is 5.38 Å². The number of rotatable bonds is 5. The largest absolute Gasteiger partial charge is 0.308 e. The van der Waals surface area contributed by atoms with E-state index in [1.807, 2.05) is 19.2 Å². The quantitative estimate of drug-likeness (QED) is 0.723. The normalized spacial score (nSPS) is 14.9. The first-order chi connectivity index (χ1) is 9.51. The van der Waals surface area contributed by atoms with Gasteiger partial charge in [0, 0.05) is 12.2 Å². The Morgan fingerprint density at radius 2 is 1.90 bits per heavy atom. The van der Waals surface area contributed by atoms with E-state index < -0.39 is 0 Å². The van der Waals surface area contributed by atoms with Crippen LogP contribution in [-0.2, 0) is 0 Å². The number of aromatic nitrogens is 3. The topological polar surface area (TPSA) is 30.7 Å². The molecule has 0 N–H and O–H groups in total. The van der Waals surface area contributed by atoms with E-state index in [0.717, 1.165) is 35.4 Å². The van der Waals surface area contributed by atoms with Crippen LogP contribution >= 0.6 is 11.6 Å². The minimum absolute atomic E-state index is 0.111. The van der Waals surface area contributed by atoms with E-state index >= 15 is 0 Å². The van der Waals surface area contributed by atoms with Gasteiger partial charge in [-0.05, 0) is 38.3 Å². The fourth-order valence-corrected chi connectivity index (χ4v) is 3.15. The van der Waals surface area contributed by atoms with Crippen molar-refractivity contribution in [3.05, 3.63) is 23.7 Å². The van der Waals surface area contributed by atoms with Crippen LogP contribution in [0.15, 0.2) is 12.3 Å². The molecule has 2 unspecified atom stereocenters. The van der Waals surface area contributed by atoms with Crippen molar-refractivity contribution >= 4 is 22.8 Å². The summed E-state index contributed by atoms with van der Waals surface area (Å²) in [5, 5.41) is -0.111. The van der Waals surface area contributed by atoms with Gasteiger partial charge in [-0.3, -0.25) is 0 Å². The number of aryl methyl sites for hydroxylation is 1. The first-order valence-corrected chi connectivity index (χ1v) is 7.92. The Bertz CT molecular complexity index is 585. The molecule has 0 saturated heterocycles. The van der Waals surface area contributed by atoms with Crippen molar-refractivity contribution in [3.8, 4) is 0 Å². The number of imidazole rings is 1. The lowest BCUT2D eigenvalue weighted by atomic mass is 9.95. The van der Waals surface area contributed by atoms with Crippen molar-refractivity contribution in [2.75, 3.05) is 0 Å². The second-order valence-corrected chi connectivity index (χ2v) is 6.23. The summed E-state index contributed by atoms with van der Waals surface area (Å²) in [6, 6.07) is 2.37. The molecule has 0 bridgehead atoms. The van der Waals surface area contributed by atoms with Crippen LogP contribution in [0.4, 0.5) is 0 Å². The van der Waals surface area contributed by atoms with E-state index in [0.29, 0.717) is 12.0 Å². The van der Waals surface area contributed by atoms with Crippen molar-refractivity contribution in [1.29, 1.82) is 0 Å². The lowest BCUT2D eigenvalue weighted by Crippen LogP contribution is -2.18. The van der Waals surface area contributed by atoms with Crippen LogP contribution in [0, 0.1) is 12.8 Å². The van der Waals surface area contributed by atoms with E-state index in [1.54, 1.807) is 0 Å². The highest BCUT2D eigenvalue weighted by Gasteiger charge is 2.24. The molecule has 2 heterocycles. The number of pyridine rings is 1. The second-order valence-electron chi connectivity index (χ2n) is 5.57. The minimum Gasteiger partial charge on any atom is -0.308 e. The zero-order valence-electron chi connectivity index (χ0n) is 13.0. The molecule has 0 spiro atoms. The molecule has 20 heavy (non-hydrogen) atoms. The highest BCUT2D eigenvalue weighted by atomic mass is 35.5. The summed E-state index contributed by atoms with van der Waals surface area (Å²) < 4.78 is 2.25. The molecule has 0 aliphatic carbocycles. The SMILES string of the molecule is CCC(CC)C(C)n1c(C(C)Cl)nc2c(C)ccnc21. The van der Waals surface area contributed by atoms with Crippen molar-refractivity contribution in [2.24, 2.45) is 5.92 Å². The molecule has 2 atom stereocenters. The standard InChI is InChI=1S/C16H24ClN3/c1-6-13(7-2)12(5)20-15(11(4)17)19-14-10(3)8-9-18-16(14)20/h8-9,11-13H,6-7H2,1-5H3. The van der Waals surface area contributed by atoms with Gasteiger partial charge in [0.2, 0.25) is 0 Å². The summed E-state index contributed by atoms with van der Waals surface area (Å²) in [6.45, 7) is 10.8. The van der Waals surface area contributed by atoms with Gasteiger partial charge in [0.1, 0.15) is 11.3 Å². The molecular formula is C16H24ClN3. The number of alkyl halides is 1. The molecule has 0 radical (unpaired) electrons. The maximum atomic E-state index is 6.36. The maximum absolute atomic E-state index is 6.36. The molecule has 0 amide bonds. The highest BCUT2D eigenvalue weighted by Crippen LogP contribution is 2.33. The molecule has 3 nitrogen and oxygen atoms in total. The van der Waals surface area contributed by atoms with Crippen molar-refractivity contribution in [2.45, 2.75) is 58.9 Å². The van der Waals surface area contributed by atoms with Gasteiger partial charge in [-0.15, -0.1) is 11.6 Å². The average molecular weight is 294 g/mol. The third-order valence-corrected chi connectivity index (χ3v) is 4.50. The molecule has 0 fully saturated rings. The van der Waals surface area contributed by atoms with Crippen molar-refractivity contribution in [1.82, 2.24) is 14.5 Å². The number of hydrogen-bond acceptors (Lipinski definition) is 2. The molecule has 4 heteroatoms. The van der Waals surface area contributed by atoms with Crippen LogP contribution in [0.5, 0.6) is 0 Å². The van der Waals surface area contributed by atoms with Gasteiger partial charge in [0.15, 0.2) is 5.65 Å². The zero-order chi connectivity index (χ0) is 14.9. The van der Waals surface area contributed by atoms with Crippen LogP contribution in [0.25, 0.3) is 11.2 Å². The van der Waals surface area contributed by atoms with E-state index in [4.69, 9.17) is 16.6 Å². The van der Waals surface area contributed by atoms with Gasteiger partial charge < -0.3 is 4.57 Å². The van der Waals surface area contributed by atoms with E-state index in [-0.39, 0.29) is 5.38 Å². The summed E-state index contributed by atoms with van der Waals surface area (Å²) in [6.07, 6.45) is 4.16. The van der Waals surface area contributed by atoms with Gasteiger partial charge in [-0.1, -0.05) is 26.7 Å². The summed E-state index contributed by atoms with van der Waals surface area (Å²) in [7, 11) is 0. The van der Waals surface area contributed by atoms with Crippen LogP contribution in [0.2, 0.25) is 0 Å². The summed E-state index contributed by atoms with van der Waals surface area (Å²) in [5.41, 5.74) is 3.10. The Hall–Kier alpha value is -1.09. The van der Waals surface area contributed by atoms with E-state index in [2.05, 4.69) is 37.2 Å². The molecule has 0 aliphatic rings. The van der Waals surface area contributed by atoms with Crippen LogP contribution in [0.3, 0.4) is 0 Å². The highest BCUT2D eigenvalue weighted by molar-refractivity contribution is 6.20. The van der Waals surface area contributed by atoms with Gasteiger partial charge in [0.25, 0.3) is 0 Å². The predicted molar refractivity (Wildman–Crippen MR) is 85.3 cm³/mol. The summed E-state index contributed by atoms with van der Waals surface area (Å²) in [5.74, 6) is 1.55. The fraction of sp³-hybridized carbons (Fsp3) is 0.625. The lowest BCUT2D eigenvalue weighted by Gasteiger charge is -2.25. The Morgan fingerprint density at radius 3 is 2.45 bits per heavy atom. The number of hydrogen-bond donors (Lipinski definition) is 0. The smallest absolute Gasteiger partial charge is 0.160 e. The first kappa shape index (κ1) is 15.3. The summed E-state index contributed by atoms with van der Waals surface area (Å²) in [4.78, 5) is 9.31. The van der Waals surface area contributed by atoms with Gasteiger partial charge in [-0.25, -0.2) is 9.97 Å². The monoisotopic (exact) mass is 293 g/mol. The van der Waals surface area contributed by atoms with E-state index in [1.165, 1.54) is 0 Å². The molecule has 2 aromatic rings. The third kappa shape index (κ3) is 2.56. The Balaban J connectivity index is 2.66. The van der Waals surface area contributed by atoms with Gasteiger partial charge in [-0.2, -0.15) is 0 Å². The first-order valence-electron chi connectivity index (χ1n) is 7.48. The molecule has 0 aromatic carbocycles. The minimum atomic E-state index is -0.111. The van der Waals surface area contributed by atoms with Crippen LogP contribution in [-0.4, -0.2) is 14.5 Å². The molecule has 110 valence electrons. The number of nitrogens with zero attached hydrogens (tertiary/aromatic N) is 3. The zero-order valence-corrected chi connectivity index (χ0v) is 13.8. The molecular weight excluding hydrogens is 270 g/mol. The molecule has 0 saturated carbocycles. The van der Waals surface area contributed by atoms with Crippen LogP contribution in [0.1, 0.15) is 63.3 Å².